The number of carbonyl (C=O) groups is 1. The van der Waals surface area contributed by atoms with Crippen LogP contribution in [-0.4, -0.2) is 29.5 Å². The molecule has 3 aromatic rings. The minimum atomic E-state index is -0.481. The molecule has 0 atom stereocenters. The van der Waals surface area contributed by atoms with Crippen LogP contribution < -0.4 is 20.3 Å². The summed E-state index contributed by atoms with van der Waals surface area (Å²) in [5.74, 6) is 0.774. The van der Waals surface area contributed by atoms with E-state index >= 15 is 0 Å². The molecule has 0 saturated heterocycles. The van der Waals surface area contributed by atoms with Gasteiger partial charge in [-0.25, -0.2) is 4.98 Å². The Labute approximate surface area is 141 Å². The molecule has 0 bridgehead atoms. The van der Waals surface area contributed by atoms with E-state index in [1.54, 1.807) is 44.0 Å². The molecular weight excluding hydrogens is 330 g/mol. The zero-order valence-electron chi connectivity index (χ0n) is 13.1. The van der Waals surface area contributed by atoms with Crippen LogP contribution in [0.25, 0.3) is 4.96 Å². The lowest BCUT2D eigenvalue weighted by molar-refractivity contribution is 0.0948. The van der Waals surface area contributed by atoms with Gasteiger partial charge in [-0.15, -0.1) is 11.3 Å². The number of hydrogen-bond acceptors (Lipinski definition) is 6. The Balaban J connectivity index is 1.80. The predicted molar refractivity (Wildman–Crippen MR) is 90.1 cm³/mol. The third-order valence-electron chi connectivity index (χ3n) is 3.52. The first kappa shape index (κ1) is 16.0. The van der Waals surface area contributed by atoms with Crippen LogP contribution in [0.3, 0.4) is 0 Å². The lowest BCUT2D eigenvalue weighted by Gasteiger charge is -2.11. The van der Waals surface area contributed by atoms with Crippen LogP contribution in [0.4, 0.5) is 0 Å². The van der Waals surface area contributed by atoms with E-state index in [9.17, 15) is 9.59 Å². The standard InChI is InChI=1S/C16H15N3O4S/c1-22-11-4-3-10(13(7-11)23-2)8-17-14(20)12-9-18-16-19(15(12)21)5-6-24-16/h3-7,9H,8H2,1-2H3,(H,17,20). The van der Waals surface area contributed by atoms with Crippen molar-refractivity contribution in [2.45, 2.75) is 6.54 Å². The molecule has 24 heavy (non-hydrogen) atoms. The fourth-order valence-electron chi connectivity index (χ4n) is 2.25. The number of fused-ring (bicyclic) bond motifs is 1. The van der Waals surface area contributed by atoms with E-state index < -0.39 is 5.91 Å². The Morgan fingerprint density at radius 2 is 2.17 bits per heavy atom. The first-order chi connectivity index (χ1) is 11.6. The molecule has 8 heteroatoms. The van der Waals surface area contributed by atoms with Crippen molar-refractivity contribution in [2.24, 2.45) is 0 Å². The Morgan fingerprint density at radius 3 is 2.92 bits per heavy atom. The molecule has 0 aliphatic rings. The molecule has 1 amide bonds. The van der Waals surface area contributed by atoms with Crippen molar-refractivity contribution < 1.29 is 14.3 Å². The van der Waals surface area contributed by atoms with Crippen LogP contribution in [0.1, 0.15) is 15.9 Å². The summed E-state index contributed by atoms with van der Waals surface area (Å²) in [4.78, 5) is 29.2. The molecule has 2 heterocycles. The van der Waals surface area contributed by atoms with Gasteiger partial charge in [-0.05, 0) is 12.1 Å². The minimum Gasteiger partial charge on any atom is -0.497 e. The molecule has 0 fully saturated rings. The molecule has 124 valence electrons. The predicted octanol–water partition coefficient (Wildman–Crippen LogP) is 1.70. The van der Waals surface area contributed by atoms with E-state index in [1.165, 1.54) is 21.9 Å². The van der Waals surface area contributed by atoms with Crippen molar-refractivity contribution in [2.75, 3.05) is 14.2 Å². The maximum Gasteiger partial charge on any atom is 0.271 e. The lowest BCUT2D eigenvalue weighted by Crippen LogP contribution is -2.30. The number of hydrogen-bond donors (Lipinski definition) is 1. The van der Waals surface area contributed by atoms with Gasteiger partial charge in [0.15, 0.2) is 4.96 Å². The smallest absolute Gasteiger partial charge is 0.271 e. The molecule has 0 unspecified atom stereocenters. The maximum absolute atomic E-state index is 12.3. The van der Waals surface area contributed by atoms with Crippen LogP contribution >= 0.6 is 11.3 Å². The number of amides is 1. The number of thiazole rings is 1. The van der Waals surface area contributed by atoms with Crippen LogP contribution in [0.2, 0.25) is 0 Å². The Hall–Kier alpha value is -2.87. The lowest BCUT2D eigenvalue weighted by atomic mass is 10.2. The number of ether oxygens (including phenoxy) is 2. The molecule has 1 N–H and O–H groups in total. The van der Waals surface area contributed by atoms with Crippen LogP contribution in [0, 0.1) is 0 Å². The summed E-state index contributed by atoms with van der Waals surface area (Å²) >= 11 is 1.33. The van der Waals surface area contributed by atoms with Crippen LogP contribution in [0.5, 0.6) is 11.5 Å². The zero-order chi connectivity index (χ0) is 17.1. The molecule has 0 saturated carbocycles. The third-order valence-corrected chi connectivity index (χ3v) is 4.29. The molecule has 0 aliphatic carbocycles. The van der Waals surface area contributed by atoms with Gasteiger partial charge in [0.2, 0.25) is 0 Å². The molecular formula is C16H15N3O4S. The fraction of sp³-hybridized carbons (Fsp3) is 0.188. The normalized spacial score (nSPS) is 10.6. The summed E-state index contributed by atoms with van der Waals surface area (Å²) < 4.78 is 11.8. The SMILES string of the molecule is COc1ccc(CNC(=O)c2cnc3sccn3c2=O)c(OC)c1. The van der Waals surface area contributed by atoms with E-state index in [2.05, 4.69) is 10.3 Å². The third kappa shape index (κ3) is 2.95. The summed E-state index contributed by atoms with van der Waals surface area (Å²) in [5.41, 5.74) is 0.384. The van der Waals surface area contributed by atoms with E-state index in [4.69, 9.17) is 9.47 Å². The molecule has 7 nitrogen and oxygen atoms in total. The van der Waals surface area contributed by atoms with E-state index in [-0.39, 0.29) is 17.7 Å². The number of methoxy groups -OCH3 is 2. The molecule has 0 spiro atoms. The highest BCUT2D eigenvalue weighted by Crippen LogP contribution is 2.24. The summed E-state index contributed by atoms with van der Waals surface area (Å²) in [5, 5.41) is 4.46. The fourth-order valence-corrected chi connectivity index (χ4v) is 2.92. The summed E-state index contributed by atoms with van der Waals surface area (Å²) in [7, 11) is 3.11. The largest absolute Gasteiger partial charge is 0.497 e. The second-order valence-electron chi connectivity index (χ2n) is 4.89. The average Bonchev–Trinajstić information content (AvgIpc) is 3.09. The quantitative estimate of drug-likeness (QED) is 0.761. The first-order valence-corrected chi connectivity index (χ1v) is 7.96. The zero-order valence-corrected chi connectivity index (χ0v) is 13.9. The van der Waals surface area contributed by atoms with Gasteiger partial charge in [0.25, 0.3) is 11.5 Å². The first-order valence-electron chi connectivity index (χ1n) is 7.08. The van der Waals surface area contributed by atoms with Gasteiger partial charge in [0, 0.05) is 35.9 Å². The maximum atomic E-state index is 12.3. The van der Waals surface area contributed by atoms with Gasteiger partial charge in [-0.2, -0.15) is 0 Å². The van der Waals surface area contributed by atoms with Crippen molar-refractivity contribution in [3.63, 3.8) is 0 Å². The van der Waals surface area contributed by atoms with Gasteiger partial charge in [0.05, 0.1) is 14.2 Å². The number of carbonyl (C=O) groups excluding carboxylic acids is 1. The molecule has 2 aromatic heterocycles. The molecule has 0 aliphatic heterocycles. The van der Waals surface area contributed by atoms with Crippen molar-refractivity contribution in [1.29, 1.82) is 0 Å². The highest BCUT2D eigenvalue weighted by molar-refractivity contribution is 7.15. The molecule has 0 radical (unpaired) electrons. The average molecular weight is 345 g/mol. The Kier molecular flexibility index (Phi) is 4.48. The second-order valence-corrected chi connectivity index (χ2v) is 5.77. The van der Waals surface area contributed by atoms with Crippen LogP contribution in [-0.2, 0) is 6.54 Å². The van der Waals surface area contributed by atoms with Crippen molar-refractivity contribution >= 4 is 22.2 Å². The van der Waals surface area contributed by atoms with Gasteiger partial charge in [0.1, 0.15) is 17.1 Å². The van der Waals surface area contributed by atoms with Gasteiger partial charge >= 0.3 is 0 Å². The highest BCUT2D eigenvalue weighted by atomic mass is 32.1. The Morgan fingerprint density at radius 1 is 1.33 bits per heavy atom. The second kappa shape index (κ2) is 6.71. The van der Waals surface area contributed by atoms with Gasteiger partial charge in [-0.3, -0.25) is 14.0 Å². The van der Waals surface area contributed by atoms with E-state index in [0.717, 1.165) is 5.56 Å². The molecule has 1 aromatic carbocycles. The number of aromatic nitrogens is 2. The van der Waals surface area contributed by atoms with E-state index in [0.29, 0.717) is 16.5 Å². The summed E-state index contributed by atoms with van der Waals surface area (Å²) in [6.07, 6.45) is 2.90. The number of benzene rings is 1. The van der Waals surface area contributed by atoms with Gasteiger partial charge in [-0.1, -0.05) is 0 Å². The number of nitrogens with one attached hydrogen (secondary N) is 1. The molecule has 3 rings (SSSR count). The summed E-state index contributed by atoms with van der Waals surface area (Å²) in [6.45, 7) is 0.220. The van der Waals surface area contributed by atoms with E-state index in [1.807, 2.05) is 0 Å². The number of nitrogens with zero attached hydrogens (tertiary/aromatic N) is 2. The van der Waals surface area contributed by atoms with Crippen LogP contribution in [0.15, 0.2) is 40.8 Å². The summed E-state index contributed by atoms with van der Waals surface area (Å²) in [6, 6.07) is 5.30. The van der Waals surface area contributed by atoms with Crippen molar-refractivity contribution in [3.05, 3.63) is 57.5 Å². The number of rotatable bonds is 5. The topological polar surface area (TPSA) is 81.9 Å². The monoisotopic (exact) mass is 345 g/mol. The van der Waals surface area contributed by atoms with Gasteiger partial charge < -0.3 is 14.8 Å². The minimum absolute atomic E-state index is 0.00150. The Bertz CT molecular complexity index is 948. The van der Waals surface area contributed by atoms with Crippen molar-refractivity contribution in [3.8, 4) is 11.5 Å². The van der Waals surface area contributed by atoms with Crippen molar-refractivity contribution in [1.82, 2.24) is 14.7 Å². The highest BCUT2D eigenvalue weighted by Gasteiger charge is 2.14.